The SMILES string of the molecule is Nc1ncc(OC(=O)O)cc1Cl. The molecular formula is C6H5ClN2O3. The van der Waals surface area contributed by atoms with Crippen molar-refractivity contribution in [2.24, 2.45) is 0 Å². The van der Waals surface area contributed by atoms with Crippen molar-refractivity contribution in [2.45, 2.75) is 0 Å². The van der Waals surface area contributed by atoms with Crippen LogP contribution in [0.1, 0.15) is 0 Å². The van der Waals surface area contributed by atoms with E-state index >= 15 is 0 Å². The van der Waals surface area contributed by atoms with Crippen molar-refractivity contribution in [3.05, 3.63) is 17.3 Å². The monoisotopic (exact) mass is 188 g/mol. The largest absolute Gasteiger partial charge is 0.511 e. The van der Waals surface area contributed by atoms with Crippen molar-refractivity contribution in [3.63, 3.8) is 0 Å². The van der Waals surface area contributed by atoms with Gasteiger partial charge in [-0.1, -0.05) is 11.6 Å². The van der Waals surface area contributed by atoms with Crippen molar-refractivity contribution in [1.82, 2.24) is 4.98 Å². The lowest BCUT2D eigenvalue weighted by molar-refractivity contribution is 0.144. The Morgan fingerprint density at radius 3 is 2.92 bits per heavy atom. The molecule has 1 aromatic heterocycles. The van der Waals surface area contributed by atoms with E-state index in [0.717, 1.165) is 0 Å². The van der Waals surface area contributed by atoms with E-state index in [4.69, 9.17) is 22.4 Å². The Kier molecular flexibility index (Phi) is 2.35. The van der Waals surface area contributed by atoms with Gasteiger partial charge in [0.2, 0.25) is 0 Å². The molecule has 0 aliphatic carbocycles. The lowest BCUT2D eigenvalue weighted by Crippen LogP contribution is -2.03. The van der Waals surface area contributed by atoms with Crippen LogP contribution in [0.15, 0.2) is 12.3 Å². The maximum Gasteiger partial charge on any atom is 0.511 e. The van der Waals surface area contributed by atoms with Crippen LogP contribution in [-0.4, -0.2) is 16.2 Å². The van der Waals surface area contributed by atoms with E-state index in [9.17, 15) is 4.79 Å². The van der Waals surface area contributed by atoms with E-state index < -0.39 is 6.16 Å². The standard InChI is InChI=1S/C6H5ClN2O3/c7-4-1-3(12-6(10)11)2-9-5(4)8/h1-2H,(H2,8,9)(H,10,11). The first-order chi connectivity index (χ1) is 5.59. The quantitative estimate of drug-likeness (QED) is 0.651. The molecule has 0 spiro atoms. The Bertz CT molecular complexity index is 316. The number of hydrogen-bond donors (Lipinski definition) is 2. The van der Waals surface area contributed by atoms with Gasteiger partial charge in [-0.25, -0.2) is 9.78 Å². The number of nitrogen functional groups attached to an aromatic ring is 1. The summed E-state index contributed by atoms with van der Waals surface area (Å²) in [5.74, 6) is 0.177. The topological polar surface area (TPSA) is 85.4 Å². The van der Waals surface area contributed by atoms with Crippen LogP contribution in [0.4, 0.5) is 10.6 Å². The van der Waals surface area contributed by atoms with Gasteiger partial charge >= 0.3 is 6.16 Å². The molecule has 0 amide bonds. The molecule has 0 aromatic carbocycles. The van der Waals surface area contributed by atoms with E-state index in [0.29, 0.717) is 0 Å². The summed E-state index contributed by atoms with van der Waals surface area (Å²) in [6, 6.07) is 1.28. The van der Waals surface area contributed by atoms with E-state index in [2.05, 4.69) is 9.72 Å². The Balaban J connectivity index is 2.89. The fourth-order valence-electron chi connectivity index (χ4n) is 0.588. The van der Waals surface area contributed by atoms with Gasteiger partial charge in [0.1, 0.15) is 5.82 Å². The van der Waals surface area contributed by atoms with Gasteiger partial charge in [0.25, 0.3) is 0 Å². The Morgan fingerprint density at radius 2 is 2.42 bits per heavy atom. The number of pyridine rings is 1. The third kappa shape index (κ3) is 2.00. The molecule has 3 N–H and O–H groups in total. The van der Waals surface area contributed by atoms with Crippen LogP contribution in [0.25, 0.3) is 0 Å². The summed E-state index contributed by atoms with van der Waals surface area (Å²) in [7, 11) is 0. The average Bonchev–Trinajstić information content (AvgIpc) is 1.96. The molecule has 64 valence electrons. The molecule has 0 atom stereocenters. The zero-order valence-corrected chi connectivity index (χ0v) is 6.58. The van der Waals surface area contributed by atoms with Gasteiger partial charge in [-0.15, -0.1) is 0 Å². The normalized spacial score (nSPS) is 9.42. The van der Waals surface area contributed by atoms with Crippen LogP contribution in [-0.2, 0) is 0 Å². The van der Waals surface area contributed by atoms with E-state index in [1.54, 1.807) is 0 Å². The summed E-state index contributed by atoms with van der Waals surface area (Å²) in [5.41, 5.74) is 5.27. The zero-order valence-electron chi connectivity index (χ0n) is 5.82. The van der Waals surface area contributed by atoms with Crippen LogP contribution < -0.4 is 10.5 Å². The van der Waals surface area contributed by atoms with E-state index in [1.165, 1.54) is 12.3 Å². The number of nitrogens with two attached hydrogens (primary N) is 1. The van der Waals surface area contributed by atoms with Gasteiger partial charge < -0.3 is 15.6 Å². The van der Waals surface area contributed by atoms with Gasteiger partial charge in [-0.2, -0.15) is 0 Å². The number of nitrogens with zero attached hydrogens (tertiary/aromatic N) is 1. The minimum atomic E-state index is -1.42. The van der Waals surface area contributed by atoms with E-state index in [1.807, 2.05) is 0 Å². The fraction of sp³-hybridized carbons (Fsp3) is 0. The summed E-state index contributed by atoms with van der Waals surface area (Å²) >= 11 is 5.54. The number of carbonyl (C=O) groups is 1. The van der Waals surface area contributed by atoms with Crippen LogP contribution in [0.5, 0.6) is 5.75 Å². The molecule has 12 heavy (non-hydrogen) atoms. The molecule has 1 rings (SSSR count). The van der Waals surface area contributed by atoms with Crippen molar-refractivity contribution < 1.29 is 14.6 Å². The van der Waals surface area contributed by atoms with Gasteiger partial charge in [-0.3, -0.25) is 0 Å². The highest BCUT2D eigenvalue weighted by Gasteiger charge is 2.03. The van der Waals surface area contributed by atoms with Crippen molar-refractivity contribution >= 4 is 23.6 Å². The number of rotatable bonds is 1. The minimum Gasteiger partial charge on any atom is -0.449 e. The predicted molar refractivity (Wildman–Crippen MR) is 42.3 cm³/mol. The molecule has 0 aliphatic heterocycles. The summed E-state index contributed by atoms with van der Waals surface area (Å²) < 4.78 is 4.26. The van der Waals surface area contributed by atoms with Gasteiger partial charge in [0.15, 0.2) is 5.75 Å². The third-order valence-electron chi connectivity index (χ3n) is 1.05. The summed E-state index contributed by atoms with van der Waals surface area (Å²) in [5, 5.41) is 8.36. The number of anilines is 1. The predicted octanol–water partition coefficient (Wildman–Crippen LogP) is 1.37. The molecule has 0 aliphatic rings. The summed E-state index contributed by atoms with van der Waals surface area (Å²) in [6.45, 7) is 0. The van der Waals surface area contributed by atoms with Crippen LogP contribution >= 0.6 is 11.6 Å². The van der Waals surface area contributed by atoms with Gasteiger partial charge in [-0.05, 0) is 0 Å². The highest BCUT2D eigenvalue weighted by Crippen LogP contribution is 2.21. The number of carboxylic acid groups (broad SMARTS) is 1. The molecule has 0 radical (unpaired) electrons. The lowest BCUT2D eigenvalue weighted by atomic mass is 10.4. The molecule has 0 saturated carbocycles. The van der Waals surface area contributed by atoms with Gasteiger partial charge in [0.05, 0.1) is 11.2 Å². The first kappa shape index (κ1) is 8.61. The van der Waals surface area contributed by atoms with Crippen molar-refractivity contribution in [3.8, 4) is 5.75 Å². The van der Waals surface area contributed by atoms with Crippen LogP contribution in [0.3, 0.4) is 0 Å². The first-order valence-electron chi connectivity index (χ1n) is 2.91. The van der Waals surface area contributed by atoms with Crippen LogP contribution in [0.2, 0.25) is 5.02 Å². The average molecular weight is 189 g/mol. The second-order valence-electron chi connectivity index (χ2n) is 1.91. The van der Waals surface area contributed by atoms with Gasteiger partial charge in [0, 0.05) is 6.07 Å². The molecular weight excluding hydrogens is 184 g/mol. The minimum absolute atomic E-state index is 0.0432. The highest BCUT2D eigenvalue weighted by molar-refractivity contribution is 6.32. The van der Waals surface area contributed by atoms with Crippen LogP contribution in [0, 0.1) is 0 Å². The molecule has 0 fully saturated rings. The lowest BCUT2D eigenvalue weighted by Gasteiger charge is -2.00. The molecule has 5 nitrogen and oxygen atoms in total. The molecule has 0 unspecified atom stereocenters. The number of hydrogen-bond acceptors (Lipinski definition) is 4. The molecule has 0 saturated heterocycles. The zero-order chi connectivity index (χ0) is 9.14. The molecule has 6 heteroatoms. The maximum atomic E-state index is 10.0. The molecule has 1 heterocycles. The van der Waals surface area contributed by atoms with Crippen molar-refractivity contribution in [1.29, 1.82) is 0 Å². The fourth-order valence-corrected chi connectivity index (χ4v) is 0.744. The summed E-state index contributed by atoms with van der Waals surface area (Å²) in [6.07, 6.45) is -0.243. The first-order valence-corrected chi connectivity index (χ1v) is 3.29. The molecule has 0 bridgehead atoms. The second kappa shape index (κ2) is 3.27. The maximum absolute atomic E-state index is 10.0. The Morgan fingerprint density at radius 1 is 1.75 bits per heavy atom. The number of aromatic nitrogens is 1. The second-order valence-corrected chi connectivity index (χ2v) is 2.31. The Hall–Kier alpha value is -1.49. The summed E-state index contributed by atoms with van der Waals surface area (Å²) in [4.78, 5) is 13.6. The highest BCUT2D eigenvalue weighted by atomic mass is 35.5. The molecule has 1 aromatic rings. The smallest absolute Gasteiger partial charge is 0.449 e. The van der Waals surface area contributed by atoms with E-state index in [-0.39, 0.29) is 16.6 Å². The Labute approximate surface area is 72.7 Å². The third-order valence-corrected chi connectivity index (χ3v) is 1.35. The van der Waals surface area contributed by atoms with Crippen molar-refractivity contribution in [2.75, 3.05) is 5.73 Å². The number of ether oxygens (including phenoxy) is 1. The number of halogens is 1.